The molecule has 0 unspecified atom stereocenters. The molecule has 1 saturated carbocycles. The fraction of sp³-hybridized carbons (Fsp3) is 0.667. The summed E-state index contributed by atoms with van der Waals surface area (Å²) >= 11 is 0. The van der Waals surface area contributed by atoms with Gasteiger partial charge in [0.1, 0.15) is 17.5 Å². The lowest BCUT2D eigenvalue weighted by Crippen LogP contribution is -2.32. The van der Waals surface area contributed by atoms with Crippen molar-refractivity contribution in [3.05, 3.63) is 11.4 Å². The number of carbonyl (C=O) groups is 1. The van der Waals surface area contributed by atoms with Crippen LogP contribution in [0.2, 0.25) is 0 Å². The SMILES string of the molecule is CCNc1nc(C2CC2)nc(NCC(=O)N(C)CC)c1C. The summed E-state index contributed by atoms with van der Waals surface area (Å²) < 4.78 is 0. The molecule has 0 radical (unpaired) electrons. The van der Waals surface area contributed by atoms with E-state index in [4.69, 9.17) is 0 Å². The summed E-state index contributed by atoms with van der Waals surface area (Å²) in [7, 11) is 1.80. The molecule has 0 aliphatic heterocycles. The minimum Gasteiger partial charge on any atom is -0.370 e. The Bertz CT molecular complexity index is 513. The Balaban J connectivity index is 2.15. The van der Waals surface area contributed by atoms with Crippen LogP contribution in [-0.4, -0.2) is 47.5 Å². The monoisotopic (exact) mass is 291 g/mol. The molecule has 1 aromatic heterocycles. The number of anilines is 2. The first-order chi connectivity index (χ1) is 10.1. The Labute approximate surface area is 126 Å². The van der Waals surface area contributed by atoms with Gasteiger partial charge in [0.15, 0.2) is 0 Å². The van der Waals surface area contributed by atoms with Crippen LogP contribution in [0.15, 0.2) is 0 Å². The molecule has 1 amide bonds. The first-order valence-corrected chi connectivity index (χ1v) is 7.67. The summed E-state index contributed by atoms with van der Waals surface area (Å²) in [4.78, 5) is 22.8. The van der Waals surface area contributed by atoms with Crippen molar-refractivity contribution in [3.63, 3.8) is 0 Å². The summed E-state index contributed by atoms with van der Waals surface area (Å²) in [5.74, 6) is 3.07. The lowest BCUT2D eigenvalue weighted by atomic mass is 10.2. The highest BCUT2D eigenvalue weighted by atomic mass is 16.2. The van der Waals surface area contributed by atoms with Crippen LogP contribution in [0, 0.1) is 6.92 Å². The van der Waals surface area contributed by atoms with Crippen LogP contribution in [-0.2, 0) is 4.79 Å². The van der Waals surface area contributed by atoms with Gasteiger partial charge in [-0.1, -0.05) is 0 Å². The summed E-state index contributed by atoms with van der Waals surface area (Å²) in [6.45, 7) is 7.77. The van der Waals surface area contributed by atoms with Crippen molar-refractivity contribution in [2.75, 3.05) is 37.3 Å². The smallest absolute Gasteiger partial charge is 0.241 e. The number of aromatic nitrogens is 2. The van der Waals surface area contributed by atoms with Gasteiger partial charge in [-0.2, -0.15) is 0 Å². The number of amides is 1. The maximum absolute atomic E-state index is 11.9. The molecular formula is C15H25N5O. The van der Waals surface area contributed by atoms with Gasteiger partial charge in [0.25, 0.3) is 0 Å². The van der Waals surface area contributed by atoms with E-state index in [1.807, 2.05) is 20.8 Å². The van der Waals surface area contributed by atoms with Crippen molar-refractivity contribution in [2.45, 2.75) is 39.5 Å². The molecule has 1 aliphatic rings. The van der Waals surface area contributed by atoms with E-state index in [9.17, 15) is 4.79 Å². The molecule has 6 nitrogen and oxygen atoms in total. The molecule has 2 N–H and O–H groups in total. The van der Waals surface area contributed by atoms with E-state index in [0.717, 1.165) is 42.4 Å². The Morgan fingerprint density at radius 1 is 1.24 bits per heavy atom. The molecule has 6 heteroatoms. The van der Waals surface area contributed by atoms with Gasteiger partial charge in [0.05, 0.1) is 6.54 Å². The molecule has 0 aromatic carbocycles. The molecule has 1 heterocycles. The van der Waals surface area contributed by atoms with E-state index in [-0.39, 0.29) is 12.5 Å². The van der Waals surface area contributed by atoms with E-state index >= 15 is 0 Å². The average molecular weight is 291 g/mol. The van der Waals surface area contributed by atoms with Crippen LogP contribution in [0.25, 0.3) is 0 Å². The molecule has 1 aromatic rings. The third-order valence-electron chi connectivity index (χ3n) is 3.76. The number of hydrogen-bond donors (Lipinski definition) is 2. The van der Waals surface area contributed by atoms with Gasteiger partial charge in [-0.25, -0.2) is 9.97 Å². The zero-order valence-electron chi connectivity index (χ0n) is 13.4. The van der Waals surface area contributed by atoms with E-state index in [1.165, 1.54) is 0 Å². The summed E-state index contributed by atoms with van der Waals surface area (Å²) in [6, 6.07) is 0. The number of nitrogens with zero attached hydrogens (tertiary/aromatic N) is 3. The third-order valence-corrected chi connectivity index (χ3v) is 3.76. The zero-order valence-corrected chi connectivity index (χ0v) is 13.4. The van der Waals surface area contributed by atoms with Crippen molar-refractivity contribution < 1.29 is 4.79 Å². The van der Waals surface area contributed by atoms with Gasteiger partial charge >= 0.3 is 0 Å². The quantitative estimate of drug-likeness (QED) is 0.804. The van der Waals surface area contributed by atoms with E-state index in [2.05, 4.69) is 20.6 Å². The molecule has 0 atom stereocenters. The second-order valence-electron chi connectivity index (χ2n) is 5.47. The van der Waals surface area contributed by atoms with Crippen molar-refractivity contribution >= 4 is 17.5 Å². The molecule has 1 fully saturated rings. The first-order valence-electron chi connectivity index (χ1n) is 7.67. The average Bonchev–Trinajstić information content (AvgIpc) is 3.31. The second-order valence-corrected chi connectivity index (χ2v) is 5.47. The van der Waals surface area contributed by atoms with Gasteiger partial charge in [-0.05, 0) is 33.6 Å². The van der Waals surface area contributed by atoms with Crippen LogP contribution in [0.3, 0.4) is 0 Å². The maximum atomic E-state index is 11.9. The number of nitrogens with one attached hydrogen (secondary N) is 2. The molecular weight excluding hydrogens is 266 g/mol. The van der Waals surface area contributed by atoms with Crippen molar-refractivity contribution in [3.8, 4) is 0 Å². The fourth-order valence-corrected chi connectivity index (χ4v) is 2.04. The van der Waals surface area contributed by atoms with Gasteiger partial charge in [0.2, 0.25) is 5.91 Å². The molecule has 21 heavy (non-hydrogen) atoms. The highest BCUT2D eigenvalue weighted by molar-refractivity contribution is 5.80. The predicted octanol–water partition coefficient (Wildman–Crippen LogP) is 1.98. The van der Waals surface area contributed by atoms with Gasteiger partial charge in [0, 0.05) is 31.6 Å². The highest BCUT2D eigenvalue weighted by Crippen LogP contribution is 2.39. The Morgan fingerprint density at radius 3 is 2.38 bits per heavy atom. The molecule has 116 valence electrons. The van der Waals surface area contributed by atoms with E-state index in [0.29, 0.717) is 12.5 Å². The van der Waals surface area contributed by atoms with Crippen molar-refractivity contribution in [2.24, 2.45) is 0 Å². The van der Waals surface area contributed by atoms with Gasteiger partial charge < -0.3 is 15.5 Å². The molecule has 2 rings (SSSR count). The summed E-state index contributed by atoms with van der Waals surface area (Å²) in [5.41, 5.74) is 0.966. The van der Waals surface area contributed by atoms with Crippen LogP contribution < -0.4 is 10.6 Å². The van der Waals surface area contributed by atoms with Crippen LogP contribution in [0.5, 0.6) is 0 Å². The fourth-order valence-electron chi connectivity index (χ4n) is 2.04. The van der Waals surface area contributed by atoms with Crippen LogP contribution in [0.4, 0.5) is 11.6 Å². The maximum Gasteiger partial charge on any atom is 0.241 e. The zero-order chi connectivity index (χ0) is 15.4. The Hall–Kier alpha value is -1.85. The molecule has 1 aliphatic carbocycles. The van der Waals surface area contributed by atoms with Crippen molar-refractivity contribution in [1.29, 1.82) is 0 Å². The van der Waals surface area contributed by atoms with Crippen LogP contribution in [0.1, 0.15) is 44.0 Å². The highest BCUT2D eigenvalue weighted by Gasteiger charge is 2.28. The lowest BCUT2D eigenvalue weighted by molar-refractivity contribution is -0.127. The minimum absolute atomic E-state index is 0.0634. The molecule has 0 saturated heterocycles. The normalized spacial score (nSPS) is 13.9. The summed E-state index contributed by atoms with van der Waals surface area (Å²) in [5, 5.41) is 6.44. The summed E-state index contributed by atoms with van der Waals surface area (Å²) in [6.07, 6.45) is 2.32. The minimum atomic E-state index is 0.0634. The molecule has 0 spiro atoms. The number of rotatable bonds is 7. The van der Waals surface area contributed by atoms with Crippen LogP contribution >= 0.6 is 0 Å². The molecule has 0 bridgehead atoms. The lowest BCUT2D eigenvalue weighted by Gasteiger charge is -2.17. The third kappa shape index (κ3) is 3.83. The van der Waals surface area contributed by atoms with Gasteiger partial charge in [-0.3, -0.25) is 4.79 Å². The Kier molecular flexibility index (Phi) is 4.98. The first kappa shape index (κ1) is 15.5. The predicted molar refractivity (Wildman–Crippen MR) is 84.7 cm³/mol. The van der Waals surface area contributed by atoms with E-state index in [1.54, 1.807) is 11.9 Å². The number of carbonyl (C=O) groups excluding carboxylic acids is 1. The second kappa shape index (κ2) is 6.74. The van der Waals surface area contributed by atoms with Crippen molar-refractivity contribution in [1.82, 2.24) is 14.9 Å². The topological polar surface area (TPSA) is 70.1 Å². The Morgan fingerprint density at radius 2 is 1.86 bits per heavy atom. The standard InChI is InChI=1S/C15H25N5O/c1-5-16-13-10(3)14(17-9-12(21)20(4)6-2)19-15(18-13)11-7-8-11/h11H,5-9H2,1-4H3,(H2,16,17,18,19). The van der Waals surface area contributed by atoms with Gasteiger partial charge in [-0.15, -0.1) is 0 Å². The number of hydrogen-bond acceptors (Lipinski definition) is 5. The largest absolute Gasteiger partial charge is 0.370 e. The van der Waals surface area contributed by atoms with E-state index < -0.39 is 0 Å². The number of likely N-dealkylation sites (N-methyl/N-ethyl adjacent to an activating group) is 1.